The van der Waals surface area contributed by atoms with E-state index in [0.29, 0.717) is 29.2 Å². The van der Waals surface area contributed by atoms with Gasteiger partial charge in [-0.25, -0.2) is 9.97 Å². The van der Waals surface area contributed by atoms with Gasteiger partial charge in [0.15, 0.2) is 11.6 Å². The number of nitrogens with two attached hydrogens (primary N) is 1. The molecule has 0 saturated carbocycles. The first kappa shape index (κ1) is 22.3. The van der Waals surface area contributed by atoms with E-state index in [9.17, 15) is 14.8 Å². The average Bonchev–Trinajstić information content (AvgIpc) is 3.18. The van der Waals surface area contributed by atoms with Gasteiger partial charge in [0.2, 0.25) is 5.91 Å². The van der Waals surface area contributed by atoms with Gasteiger partial charge in [0.1, 0.15) is 0 Å². The highest BCUT2D eigenvalue weighted by molar-refractivity contribution is 7.20. The summed E-state index contributed by atoms with van der Waals surface area (Å²) in [6, 6.07) is 12.7. The summed E-state index contributed by atoms with van der Waals surface area (Å²) in [5, 5.41) is 26.7. The highest BCUT2D eigenvalue weighted by Crippen LogP contribution is 2.40. The Bertz CT molecular complexity index is 1410. The molecule has 4 aromatic rings. The molecular weight excluding hydrogens is 449 g/mol. The molecule has 5 rings (SSSR count). The first-order chi connectivity index (χ1) is 16.4. The monoisotopic (exact) mass is 473 g/mol. The van der Waals surface area contributed by atoms with E-state index in [0.717, 1.165) is 56.9 Å². The summed E-state index contributed by atoms with van der Waals surface area (Å²) in [5.74, 6) is 0.848. The average molecular weight is 473 g/mol. The Labute approximate surface area is 201 Å². The van der Waals surface area contributed by atoms with E-state index in [1.54, 1.807) is 24.3 Å². The van der Waals surface area contributed by atoms with Gasteiger partial charge in [-0.3, -0.25) is 4.79 Å². The van der Waals surface area contributed by atoms with Crippen molar-refractivity contribution in [2.75, 3.05) is 17.2 Å². The van der Waals surface area contributed by atoms with E-state index in [2.05, 4.69) is 10.6 Å². The second-order valence-electron chi connectivity index (χ2n) is 8.30. The third-order valence-electron chi connectivity index (χ3n) is 5.97. The van der Waals surface area contributed by atoms with Crippen LogP contribution in [0.3, 0.4) is 0 Å². The number of nitrogens with zero attached hydrogens (tertiary/aromatic N) is 2. The molecule has 10 heteroatoms. The lowest BCUT2D eigenvalue weighted by Gasteiger charge is -2.21. The zero-order valence-corrected chi connectivity index (χ0v) is 19.4. The van der Waals surface area contributed by atoms with Crippen molar-refractivity contribution in [3.8, 4) is 11.4 Å². The number of nitrogens with one attached hydrogen (secondary N) is 2. The fourth-order valence-electron chi connectivity index (χ4n) is 4.34. The zero-order chi connectivity index (χ0) is 23.8. The van der Waals surface area contributed by atoms with Crippen molar-refractivity contribution < 1.29 is 14.8 Å². The van der Waals surface area contributed by atoms with E-state index < -0.39 is 13.0 Å². The van der Waals surface area contributed by atoms with Gasteiger partial charge in [0.05, 0.1) is 16.9 Å². The molecule has 0 aliphatic carbocycles. The molecular formula is C24H24BN5O3S. The molecule has 0 radical (unpaired) electrons. The van der Waals surface area contributed by atoms with Crippen LogP contribution >= 0.6 is 11.3 Å². The first-order valence-corrected chi connectivity index (χ1v) is 11.9. The van der Waals surface area contributed by atoms with E-state index in [4.69, 9.17) is 15.7 Å². The number of fused-ring (bicyclic) bond motifs is 2. The van der Waals surface area contributed by atoms with Crippen molar-refractivity contribution in [2.45, 2.75) is 26.3 Å². The highest BCUT2D eigenvalue weighted by atomic mass is 32.1. The smallest absolute Gasteiger partial charge is 0.423 e. The van der Waals surface area contributed by atoms with E-state index in [1.807, 2.05) is 25.1 Å². The molecule has 1 amide bonds. The molecule has 3 heterocycles. The molecule has 2 aromatic heterocycles. The summed E-state index contributed by atoms with van der Waals surface area (Å²) in [5.41, 5.74) is 10.2. The summed E-state index contributed by atoms with van der Waals surface area (Å²) in [6.07, 6.45) is 1.82. The van der Waals surface area contributed by atoms with Crippen LogP contribution in [0, 0.1) is 6.92 Å². The van der Waals surface area contributed by atoms with Crippen molar-refractivity contribution in [1.29, 1.82) is 0 Å². The number of hydrogen-bond acceptors (Lipinski definition) is 8. The molecule has 0 unspecified atom stereocenters. The minimum absolute atomic E-state index is 0.438. The zero-order valence-electron chi connectivity index (χ0n) is 18.6. The lowest BCUT2D eigenvalue weighted by atomic mass is 9.80. The Morgan fingerprint density at radius 3 is 2.85 bits per heavy atom. The number of thiophene rings is 1. The Morgan fingerprint density at radius 2 is 2.06 bits per heavy atom. The fourth-order valence-corrected chi connectivity index (χ4v) is 5.51. The minimum atomic E-state index is -1.51. The second kappa shape index (κ2) is 9.05. The standard InChI is InChI=1S/C24H24BN5O3S/c1-13-19(16-7-3-8-17(22(26)31)21(16)34-13)23-29-18-9-4-10-27-20(18)24(30-23)28-12-14-5-2-6-15(11-14)25(32)33/h2-3,5-8,11,27,32-33H,4,9-10,12H2,1H3,(H2,26,31)(H,28,29,30). The van der Waals surface area contributed by atoms with Crippen LogP contribution in [-0.2, 0) is 13.0 Å². The molecule has 8 nitrogen and oxygen atoms in total. The Balaban J connectivity index is 1.57. The number of hydrogen-bond donors (Lipinski definition) is 5. The van der Waals surface area contributed by atoms with Crippen molar-refractivity contribution in [3.05, 3.63) is 64.2 Å². The number of amides is 1. The number of benzene rings is 2. The number of aryl methyl sites for hydroxylation is 2. The van der Waals surface area contributed by atoms with Gasteiger partial charge >= 0.3 is 7.12 Å². The van der Waals surface area contributed by atoms with Gasteiger partial charge in [0, 0.05) is 33.6 Å². The number of aromatic nitrogens is 2. The van der Waals surface area contributed by atoms with Crippen molar-refractivity contribution in [1.82, 2.24) is 9.97 Å². The van der Waals surface area contributed by atoms with Gasteiger partial charge in [0.25, 0.3) is 0 Å². The predicted octanol–water partition coefficient (Wildman–Crippen LogP) is 2.42. The van der Waals surface area contributed by atoms with E-state index in [1.165, 1.54) is 11.3 Å². The molecule has 172 valence electrons. The molecule has 2 aromatic carbocycles. The molecule has 1 aliphatic heterocycles. The molecule has 6 N–H and O–H groups in total. The van der Waals surface area contributed by atoms with Crippen LogP contribution in [0.2, 0.25) is 0 Å². The van der Waals surface area contributed by atoms with Crippen molar-refractivity contribution >= 4 is 51.4 Å². The molecule has 0 saturated heterocycles. The maximum Gasteiger partial charge on any atom is 0.488 e. The van der Waals surface area contributed by atoms with Gasteiger partial charge in [-0.2, -0.15) is 0 Å². The SMILES string of the molecule is Cc1sc2c(C(N)=O)cccc2c1-c1nc2c(c(NCc3cccc(B(O)O)c3)n1)NCCC2. The van der Waals surface area contributed by atoms with Crippen molar-refractivity contribution in [3.63, 3.8) is 0 Å². The lowest BCUT2D eigenvalue weighted by molar-refractivity contribution is 0.100. The van der Waals surface area contributed by atoms with Crippen LogP contribution in [0.1, 0.15) is 32.9 Å². The van der Waals surface area contributed by atoms with Gasteiger partial charge in [-0.1, -0.05) is 36.4 Å². The van der Waals surface area contributed by atoms with Crippen LogP contribution in [0.15, 0.2) is 42.5 Å². The summed E-state index contributed by atoms with van der Waals surface area (Å²) >= 11 is 1.52. The summed E-state index contributed by atoms with van der Waals surface area (Å²) < 4.78 is 0.843. The first-order valence-electron chi connectivity index (χ1n) is 11.1. The number of carbonyl (C=O) groups excluding carboxylic acids is 1. The Kier molecular flexibility index (Phi) is 5.95. The molecule has 1 aliphatic rings. The number of primary amides is 1. The van der Waals surface area contributed by atoms with Crippen LogP contribution in [-0.4, -0.2) is 39.6 Å². The maximum atomic E-state index is 12.0. The predicted molar refractivity (Wildman–Crippen MR) is 137 cm³/mol. The maximum absolute atomic E-state index is 12.0. The largest absolute Gasteiger partial charge is 0.488 e. The van der Waals surface area contributed by atoms with Crippen LogP contribution in [0.4, 0.5) is 11.5 Å². The highest BCUT2D eigenvalue weighted by Gasteiger charge is 2.23. The second-order valence-corrected chi connectivity index (χ2v) is 9.52. The molecule has 0 bridgehead atoms. The quantitative estimate of drug-likeness (QED) is 0.272. The summed E-state index contributed by atoms with van der Waals surface area (Å²) in [7, 11) is -1.51. The van der Waals surface area contributed by atoms with Crippen LogP contribution in [0.25, 0.3) is 21.5 Å². The normalized spacial score (nSPS) is 12.8. The lowest BCUT2D eigenvalue weighted by Crippen LogP contribution is -2.30. The molecule has 0 fully saturated rings. The fraction of sp³-hybridized carbons (Fsp3) is 0.208. The number of carbonyl (C=O) groups is 1. The Morgan fingerprint density at radius 1 is 1.24 bits per heavy atom. The third-order valence-corrected chi connectivity index (χ3v) is 7.12. The summed E-state index contributed by atoms with van der Waals surface area (Å²) in [6.45, 7) is 3.31. The number of rotatable bonds is 6. The molecule has 34 heavy (non-hydrogen) atoms. The van der Waals surface area contributed by atoms with Gasteiger partial charge in [-0.15, -0.1) is 11.3 Å². The van der Waals surface area contributed by atoms with Crippen LogP contribution in [0.5, 0.6) is 0 Å². The van der Waals surface area contributed by atoms with Crippen LogP contribution < -0.4 is 21.8 Å². The number of anilines is 2. The Hall–Kier alpha value is -3.47. The minimum Gasteiger partial charge on any atom is -0.423 e. The topological polar surface area (TPSA) is 133 Å². The van der Waals surface area contributed by atoms with Gasteiger partial charge < -0.3 is 26.4 Å². The third kappa shape index (κ3) is 4.11. The molecule has 0 atom stereocenters. The summed E-state index contributed by atoms with van der Waals surface area (Å²) in [4.78, 5) is 22.8. The van der Waals surface area contributed by atoms with Crippen molar-refractivity contribution in [2.24, 2.45) is 5.73 Å². The van der Waals surface area contributed by atoms with Gasteiger partial charge in [-0.05, 0) is 36.9 Å². The molecule has 0 spiro atoms. The van der Waals surface area contributed by atoms with E-state index in [-0.39, 0.29) is 0 Å². The van der Waals surface area contributed by atoms with E-state index >= 15 is 0 Å².